The van der Waals surface area contributed by atoms with Crippen molar-refractivity contribution in [3.05, 3.63) is 65.2 Å². The Morgan fingerprint density at radius 1 is 1.10 bits per heavy atom. The molecule has 0 radical (unpaired) electrons. The molecule has 9 heteroatoms. The zero-order valence-corrected chi connectivity index (χ0v) is 18.0. The van der Waals surface area contributed by atoms with Gasteiger partial charge in [-0.05, 0) is 49.6 Å². The number of sulfonamides is 1. The maximum atomic E-state index is 13.1. The highest BCUT2D eigenvalue weighted by Gasteiger charge is 2.34. The second kappa shape index (κ2) is 9.07. The molecule has 0 aliphatic heterocycles. The molecule has 0 heterocycles. The van der Waals surface area contributed by atoms with Crippen molar-refractivity contribution in [2.45, 2.75) is 45.5 Å². The first-order chi connectivity index (χ1) is 13.8. The van der Waals surface area contributed by atoms with Crippen molar-refractivity contribution in [1.29, 1.82) is 0 Å². The van der Waals surface area contributed by atoms with E-state index in [1.807, 2.05) is 31.2 Å². The number of rotatable bonds is 7. The van der Waals surface area contributed by atoms with Gasteiger partial charge in [0.15, 0.2) is 0 Å². The van der Waals surface area contributed by atoms with E-state index in [-0.39, 0.29) is 5.69 Å². The fourth-order valence-electron chi connectivity index (χ4n) is 3.09. The predicted molar refractivity (Wildman–Crippen MR) is 111 cm³/mol. The Hall–Kier alpha value is -2.55. The zero-order valence-electron chi connectivity index (χ0n) is 17.2. The lowest BCUT2D eigenvalue weighted by molar-refractivity contribution is -0.137. The van der Waals surface area contributed by atoms with Crippen molar-refractivity contribution < 1.29 is 26.4 Å². The third-order valence-electron chi connectivity index (χ3n) is 4.76. The van der Waals surface area contributed by atoms with E-state index >= 15 is 0 Å². The van der Waals surface area contributed by atoms with E-state index in [1.54, 1.807) is 6.92 Å². The van der Waals surface area contributed by atoms with Crippen molar-refractivity contribution in [1.82, 2.24) is 5.32 Å². The Morgan fingerprint density at radius 3 is 2.20 bits per heavy atom. The van der Waals surface area contributed by atoms with Gasteiger partial charge in [0.25, 0.3) is 0 Å². The molecule has 5 nitrogen and oxygen atoms in total. The molecule has 0 aliphatic rings. The Bertz CT molecular complexity index is 989. The van der Waals surface area contributed by atoms with Crippen LogP contribution < -0.4 is 9.62 Å². The minimum absolute atomic E-state index is 0.227. The fraction of sp³-hybridized carbons (Fsp3) is 0.381. The van der Waals surface area contributed by atoms with Gasteiger partial charge in [0, 0.05) is 0 Å². The van der Waals surface area contributed by atoms with Gasteiger partial charge >= 0.3 is 6.18 Å². The first-order valence-corrected chi connectivity index (χ1v) is 11.2. The number of aryl methyl sites for hydroxylation is 1. The monoisotopic (exact) mass is 442 g/mol. The minimum Gasteiger partial charge on any atom is -0.348 e. The lowest BCUT2D eigenvalue weighted by Gasteiger charge is -2.29. The topological polar surface area (TPSA) is 66.5 Å². The van der Waals surface area contributed by atoms with E-state index in [4.69, 9.17) is 0 Å². The number of carbonyl (C=O) groups is 1. The summed E-state index contributed by atoms with van der Waals surface area (Å²) < 4.78 is 64.5. The Morgan fingerprint density at radius 2 is 1.70 bits per heavy atom. The van der Waals surface area contributed by atoms with Crippen LogP contribution in [0.15, 0.2) is 48.5 Å². The molecule has 2 aromatic carbocycles. The first-order valence-electron chi connectivity index (χ1n) is 9.40. The van der Waals surface area contributed by atoms with E-state index in [2.05, 4.69) is 5.32 Å². The standard InChI is InChI=1S/C21H25F3N2O3S/c1-5-16-9-11-17(12-10-16)14(2)25-20(27)15(3)26(30(4,28)29)19-8-6-7-18(13-19)21(22,23)24/h6-15H,5H2,1-4H3,(H,25,27)/t14-,15+/m0/s1. The molecular weight excluding hydrogens is 417 g/mol. The summed E-state index contributed by atoms with van der Waals surface area (Å²) in [6.07, 6.45) is -2.91. The molecule has 0 spiro atoms. The summed E-state index contributed by atoms with van der Waals surface area (Å²) in [5.41, 5.74) is 0.747. The third-order valence-corrected chi connectivity index (χ3v) is 6.00. The number of halogens is 3. The Balaban J connectivity index is 2.28. The van der Waals surface area contributed by atoms with Crippen LogP contribution in [-0.4, -0.2) is 26.6 Å². The summed E-state index contributed by atoms with van der Waals surface area (Å²) in [7, 11) is -4.03. The van der Waals surface area contributed by atoms with Gasteiger partial charge in [0.05, 0.1) is 23.5 Å². The van der Waals surface area contributed by atoms with Crippen LogP contribution >= 0.6 is 0 Å². The smallest absolute Gasteiger partial charge is 0.348 e. The molecule has 30 heavy (non-hydrogen) atoms. The number of amides is 1. The van der Waals surface area contributed by atoms with Gasteiger partial charge in [-0.1, -0.05) is 37.3 Å². The largest absolute Gasteiger partial charge is 0.416 e. The lowest BCUT2D eigenvalue weighted by Crippen LogP contribution is -2.48. The highest BCUT2D eigenvalue weighted by Crippen LogP contribution is 2.33. The van der Waals surface area contributed by atoms with Crippen LogP contribution in [0.25, 0.3) is 0 Å². The lowest BCUT2D eigenvalue weighted by atomic mass is 10.0. The highest BCUT2D eigenvalue weighted by molar-refractivity contribution is 7.92. The molecule has 164 valence electrons. The SMILES string of the molecule is CCc1ccc([C@H](C)NC(=O)[C@@H](C)N(c2cccc(C(F)(F)F)c2)S(C)(=O)=O)cc1. The predicted octanol–water partition coefficient (Wildman–Crippen LogP) is 4.30. The second-order valence-corrected chi connectivity index (χ2v) is 8.97. The Labute approximate surface area is 175 Å². The molecule has 2 aromatic rings. The Kier molecular flexibility index (Phi) is 7.18. The molecule has 0 bridgehead atoms. The average Bonchev–Trinajstić information content (AvgIpc) is 2.66. The summed E-state index contributed by atoms with van der Waals surface area (Å²) in [4.78, 5) is 12.8. The number of hydrogen-bond acceptors (Lipinski definition) is 3. The van der Waals surface area contributed by atoms with Crippen molar-refractivity contribution >= 4 is 21.6 Å². The number of nitrogens with zero attached hydrogens (tertiary/aromatic N) is 1. The highest BCUT2D eigenvalue weighted by atomic mass is 32.2. The molecule has 0 aliphatic carbocycles. The molecule has 0 fully saturated rings. The number of hydrogen-bond donors (Lipinski definition) is 1. The molecule has 0 unspecified atom stereocenters. The van der Waals surface area contributed by atoms with E-state index in [9.17, 15) is 26.4 Å². The molecule has 1 N–H and O–H groups in total. The number of nitrogens with one attached hydrogen (secondary N) is 1. The van der Waals surface area contributed by atoms with Crippen LogP contribution in [0.1, 0.15) is 43.5 Å². The zero-order chi connectivity index (χ0) is 22.7. The van der Waals surface area contributed by atoms with Crippen LogP contribution in [0.3, 0.4) is 0 Å². The average molecular weight is 443 g/mol. The fourth-order valence-corrected chi connectivity index (χ4v) is 4.25. The molecule has 0 saturated carbocycles. The van der Waals surface area contributed by atoms with Crippen LogP contribution in [0.2, 0.25) is 0 Å². The van der Waals surface area contributed by atoms with Crippen LogP contribution in [0, 0.1) is 0 Å². The van der Waals surface area contributed by atoms with E-state index in [0.717, 1.165) is 42.0 Å². The van der Waals surface area contributed by atoms with Crippen molar-refractivity contribution in [2.24, 2.45) is 0 Å². The summed E-state index contributed by atoms with van der Waals surface area (Å²) in [5.74, 6) is -0.620. The molecular formula is C21H25F3N2O3S. The van der Waals surface area contributed by atoms with Crippen molar-refractivity contribution in [3.8, 4) is 0 Å². The molecule has 0 aromatic heterocycles. The summed E-state index contributed by atoms with van der Waals surface area (Å²) >= 11 is 0. The molecule has 0 saturated heterocycles. The summed E-state index contributed by atoms with van der Waals surface area (Å²) in [5, 5.41) is 2.73. The maximum Gasteiger partial charge on any atom is 0.416 e. The summed E-state index contributed by atoms with van der Waals surface area (Å²) in [6, 6.07) is 9.86. The van der Waals surface area contributed by atoms with Crippen LogP contribution in [0.4, 0.5) is 18.9 Å². The van der Waals surface area contributed by atoms with Gasteiger partial charge < -0.3 is 5.32 Å². The van der Waals surface area contributed by atoms with E-state index < -0.39 is 39.8 Å². The van der Waals surface area contributed by atoms with E-state index in [1.165, 1.54) is 13.0 Å². The van der Waals surface area contributed by atoms with Gasteiger partial charge in [0.2, 0.25) is 15.9 Å². The van der Waals surface area contributed by atoms with E-state index in [0.29, 0.717) is 4.31 Å². The van der Waals surface area contributed by atoms with Gasteiger partial charge in [-0.2, -0.15) is 13.2 Å². The summed E-state index contributed by atoms with van der Waals surface area (Å²) in [6.45, 7) is 5.11. The minimum atomic E-state index is -4.64. The molecule has 1 amide bonds. The van der Waals surface area contributed by atoms with Crippen molar-refractivity contribution in [3.63, 3.8) is 0 Å². The maximum absolute atomic E-state index is 13.1. The van der Waals surface area contributed by atoms with Gasteiger partial charge in [-0.3, -0.25) is 9.10 Å². The van der Waals surface area contributed by atoms with Crippen LogP contribution in [-0.2, 0) is 27.4 Å². The normalized spacial score (nSPS) is 14.1. The molecule has 2 rings (SSSR count). The second-order valence-electron chi connectivity index (χ2n) is 7.11. The molecule has 2 atom stereocenters. The first kappa shape index (κ1) is 23.7. The van der Waals surface area contributed by atoms with Gasteiger partial charge in [-0.25, -0.2) is 8.42 Å². The van der Waals surface area contributed by atoms with Gasteiger partial charge in [-0.15, -0.1) is 0 Å². The number of carbonyl (C=O) groups excluding carboxylic acids is 1. The number of alkyl halides is 3. The van der Waals surface area contributed by atoms with Crippen LogP contribution in [0.5, 0.6) is 0 Å². The van der Waals surface area contributed by atoms with Crippen molar-refractivity contribution in [2.75, 3.05) is 10.6 Å². The third kappa shape index (κ3) is 5.75. The van der Waals surface area contributed by atoms with Gasteiger partial charge in [0.1, 0.15) is 6.04 Å². The number of benzene rings is 2. The number of anilines is 1. The quantitative estimate of drug-likeness (QED) is 0.695.